The van der Waals surface area contributed by atoms with Crippen LogP contribution < -0.4 is 11.1 Å². The van der Waals surface area contributed by atoms with Gasteiger partial charge in [0.15, 0.2) is 11.6 Å². The highest BCUT2D eigenvalue weighted by Crippen LogP contribution is 2.44. The zero-order valence-corrected chi connectivity index (χ0v) is 20.8. The number of nitrogens with one attached hydrogen (secondary N) is 1. The molecule has 1 atom stereocenters. The summed E-state index contributed by atoms with van der Waals surface area (Å²) in [5, 5.41) is 14.1. The Balaban J connectivity index is 1.78. The molecule has 0 saturated heterocycles. The summed E-state index contributed by atoms with van der Waals surface area (Å²) < 4.78 is 29.7. The smallest absolute Gasteiger partial charge is 0.286 e. The number of unbranched alkanes of at least 4 members (excludes halogenated alkanes) is 1. The Morgan fingerprint density at radius 3 is 2.53 bits per heavy atom. The fourth-order valence-electron chi connectivity index (χ4n) is 4.70. The quantitative estimate of drug-likeness (QED) is 0.399. The van der Waals surface area contributed by atoms with Crippen molar-refractivity contribution in [1.29, 1.82) is 0 Å². The fraction of sp³-hybridized carbons (Fsp3) is 0.385. The van der Waals surface area contributed by atoms with Crippen molar-refractivity contribution in [2.45, 2.75) is 63.7 Å². The first kappa shape index (κ1) is 24.0. The third-order valence-corrected chi connectivity index (χ3v) is 7.90. The minimum atomic E-state index is -4.11. The number of ketones is 1. The van der Waals surface area contributed by atoms with Crippen LogP contribution >= 0.6 is 0 Å². The summed E-state index contributed by atoms with van der Waals surface area (Å²) >= 11 is 0. The third kappa shape index (κ3) is 4.22. The van der Waals surface area contributed by atoms with Gasteiger partial charge in [-0.25, -0.2) is 0 Å². The van der Waals surface area contributed by atoms with Crippen molar-refractivity contribution in [2.75, 3.05) is 11.1 Å². The van der Waals surface area contributed by atoms with Gasteiger partial charge in [0.25, 0.3) is 10.0 Å². The molecule has 0 amide bonds. The lowest BCUT2D eigenvalue weighted by Crippen LogP contribution is -2.42. The molecule has 0 saturated carbocycles. The molecule has 0 fully saturated rings. The Bertz CT molecular complexity index is 1340. The average molecular weight is 482 g/mol. The van der Waals surface area contributed by atoms with Crippen LogP contribution in [0.4, 0.5) is 11.4 Å². The predicted octanol–water partition coefficient (Wildman–Crippen LogP) is 5.20. The monoisotopic (exact) mass is 481 g/mol. The second-order valence-corrected chi connectivity index (χ2v) is 12.1. The van der Waals surface area contributed by atoms with Gasteiger partial charge in [-0.05, 0) is 48.9 Å². The molecule has 1 aliphatic heterocycles. The van der Waals surface area contributed by atoms with Gasteiger partial charge in [-0.15, -0.1) is 4.40 Å². The van der Waals surface area contributed by atoms with E-state index in [1.54, 1.807) is 18.2 Å². The van der Waals surface area contributed by atoms with E-state index in [1.807, 2.05) is 19.1 Å². The number of nitrogens with two attached hydrogens (primary N) is 1. The average Bonchev–Trinajstić information content (AvgIpc) is 2.75. The van der Waals surface area contributed by atoms with Crippen LogP contribution in [0.5, 0.6) is 0 Å². The maximum Gasteiger partial charge on any atom is 0.286 e. The zero-order valence-electron chi connectivity index (χ0n) is 20.0. The first-order valence-electron chi connectivity index (χ1n) is 11.4. The number of carbonyl (C=O) groups excluding carboxylic acids is 1. The number of fused-ring (bicyclic) bond motifs is 2. The molecule has 1 heterocycles. The first-order valence-corrected chi connectivity index (χ1v) is 12.9. The summed E-state index contributed by atoms with van der Waals surface area (Å²) in [5.74, 6) is -0.789. The number of nitrogen functional groups attached to an aromatic ring is 1. The molecule has 34 heavy (non-hydrogen) atoms. The number of aliphatic hydroxyl groups excluding tert-OH is 1. The van der Waals surface area contributed by atoms with Gasteiger partial charge in [0.2, 0.25) is 0 Å². The molecule has 1 unspecified atom stereocenters. The van der Waals surface area contributed by atoms with Crippen LogP contribution in [-0.2, 0) is 20.2 Å². The molecule has 8 heteroatoms. The Kier molecular flexibility index (Phi) is 5.84. The van der Waals surface area contributed by atoms with Crippen molar-refractivity contribution >= 4 is 38.8 Å². The number of carbonyl (C=O) groups is 1. The van der Waals surface area contributed by atoms with E-state index in [1.165, 1.54) is 12.1 Å². The molecule has 180 valence electrons. The number of hydrogen-bond donors (Lipinski definition) is 3. The molecular formula is C26H31N3O4S. The number of sulfonamides is 1. The summed E-state index contributed by atoms with van der Waals surface area (Å²) in [6.45, 7) is 8.43. The molecule has 1 aliphatic carbocycles. The third-order valence-electron chi connectivity index (χ3n) is 6.58. The normalized spacial score (nSPS) is 21.4. The number of nitrogens with zero attached hydrogens (tertiary/aromatic N) is 1. The Hall–Kier alpha value is -3.13. The second-order valence-electron chi connectivity index (χ2n) is 10.5. The summed E-state index contributed by atoms with van der Waals surface area (Å²) in [7, 11) is -4.11. The maximum absolute atomic E-state index is 13.9. The number of amidine groups is 1. The molecule has 0 aromatic heterocycles. The molecule has 2 aliphatic rings. The van der Waals surface area contributed by atoms with E-state index in [0.29, 0.717) is 12.0 Å². The highest BCUT2D eigenvalue weighted by molar-refractivity contribution is 7.90. The van der Waals surface area contributed by atoms with E-state index in [4.69, 9.17) is 5.73 Å². The number of anilines is 2. The summed E-state index contributed by atoms with van der Waals surface area (Å²) in [4.78, 5) is 13.9. The van der Waals surface area contributed by atoms with Crippen LogP contribution in [0.1, 0.15) is 64.5 Å². The van der Waals surface area contributed by atoms with Gasteiger partial charge in [0, 0.05) is 11.3 Å². The minimum absolute atomic E-state index is 0.0649. The molecule has 7 nitrogen and oxygen atoms in total. The van der Waals surface area contributed by atoms with Crippen molar-refractivity contribution < 1.29 is 18.3 Å². The SMILES string of the molecule is CC(C)(C)CCCCC1(C)C(=O)C(C2=NS(=O)(=O)c3cc(N)ccc3N2)=C(O)c2ccccc21. The predicted molar refractivity (Wildman–Crippen MR) is 135 cm³/mol. The van der Waals surface area contributed by atoms with E-state index in [-0.39, 0.29) is 44.6 Å². The zero-order chi connectivity index (χ0) is 24.9. The van der Waals surface area contributed by atoms with Crippen LogP contribution in [0.3, 0.4) is 0 Å². The van der Waals surface area contributed by atoms with E-state index < -0.39 is 15.4 Å². The lowest BCUT2D eigenvalue weighted by molar-refractivity contribution is -0.120. The van der Waals surface area contributed by atoms with Crippen LogP contribution in [0.25, 0.3) is 5.76 Å². The second kappa shape index (κ2) is 8.27. The maximum atomic E-state index is 13.9. The fourth-order valence-corrected chi connectivity index (χ4v) is 5.85. The molecule has 2 aromatic carbocycles. The lowest BCUT2D eigenvalue weighted by atomic mass is 9.66. The van der Waals surface area contributed by atoms with E-state index >= 15 is 0 Å². The topological polar surface area (TPSA) is 122 Å². The molecule has 4 rings (SSSR count). The number of rotatable bonds is 5. The number of aliphatic hydroxyl groups is 1. The minimum Gasteiger partial charge on any atom is -0.506 e. The highest BCUT2D eigenvalue weighted by Gasteiger charge is 2.46. The van der Waals surface area contributed by atoms with Gasteiger partial charge >= 0.3 is 0 Å². The van der Waals surface area contributed by atoms with Gasteiger partial charge in [-0.1, -0.05) is 57.9 Å². The van der Waals surface area contributed by atoms with E-state index in [0.717, 1.165) is 24.8 Å². The van der Waals surface area contributed by atoms with Crippen molar-refractivity contribution in [1.82, 2.24) is 0 Å². The van der Waals surface area contributed by atoms with Gasteiger partial charge in [0.1, 0.15) is 16.2 Å². The lowest BCUT2D eigenvalue weighted by Gasteiger charge is -2.36. The Morgan fingerprint density at radius 2 is 1.82 bits per heavy atom. The Labute approximate surface area is 200 Å². The molecule has 4 N–H and O–H groups in total. The van der Waals surface area contributed by atoms with Crippen molar-refractivity contribution in [3.05, 3.63) is 59.2 Å². The number of benzene rings is 2. The van der Waals surface area contributed by atoms with Crippen molar-refractivity contribution in [3.8, 4) is 0 Å². The van der Waals surface area contributed by atoms with Gasteiger partial charge in [0.05, 0.1) is 11.1 Å². The number of hydrogen-bond acceptors (Lipinski definition) is 6. The van der Waals surface area contributed by atoms with Gasteiger partial charge in [-0.3, -0.25) is 4.79 Å². The summed E-state index contributed by atoms with van der Waals surface area (Å²) in [6.07, 6.45) is 3.38. The van der Waals surface area contributed by atoms with Crippen LogP contribution in [0, 0.1) is 5.41 Å². The highest BCUT2D eigenvalue weighted by atomic mass is 32.2. The molecule has 0 bridgehead atoms. The molecule has 0 spiro atoms. The van der Waals surface area contributed by atoms with Crippen LogP contribution in [-0.4, -0.2) is 25.1 Å². The summed E-state index contributed by atoms with van der Waals surface area (Å²) in [5.41, 5.74) is 6.72. The van der Waals surface area contributed by atoms with Crippen LogP contribution in [0.15, 0.2) is 57.3 Å². The van der Waals surface area contributed by atoms with Crippen molar-refractivity contribution in [2.24, 2.45) is 9.81 Å². The Morgan fingerprint density at radius 1 is 1.12 bits per heavy atom. The first-order chi connectivity index (χ1) is 15.8. The molecule has 0 radical (unpaired) electrons. The van der Waals surface area contributed by atoms with E-state index in [9.17, 15) is 18.3 Å². The molecular weight excluding hydrogens is 450 g/mol. The van der Waals surface area contributed by atoms with Gasteiger partial charge < -0.3 is 16.2 Å². The largest absolute Gasteiger partial charge is 0.506 e. The standard InChI is InChI=1S/C26H31N3O4S/c1-25(2,3)13-7-8-14-26(4)18-10-6-5-9-17(18)22(30)21(23(26)31)24-28-19-12-11-16(27)15-20(19)34(32,33)29-24/h5-6,9-12,15,30H,7-8,13-14,27H2,1-4H3,(H,28,29). The van der Waals surface area contributed by atoms with Gasteiger partial charge in [-0.2, -0.15) is 8.42 Å². The number of Topliss-reactive ketones (excluding diaryl/α,β-unsaturated/α-hetero) is 1. The molecule has 2 aromatic rings. The van der Waals surface area contributed by atoms with Crippen molar-refractivity contribution in [3.63, 3.8) is 0 Å². The van der Waals surface area contributed by atoms with Crippen LogP contribution in [0.2, 0.25) is 0 Å². The summed E-state index contributed by atoms with van der Waals surface area (Å²) in [6, 6.07) is 11.7. The van der Waals surface area contributed by atoms with E-state index in [2.05, 4.69) is 30.5 Å².